The lowest BCUT2D eigenvalue weighted by molar-refractivity contribution is -0.278. The van der Waals surface area contributed by atoms with Crippen molar-refractivity contribution < 1.29 is 53.7 Å². The molecule has 4 nitrogen and oxygen atoms in total. The van der Waals surface area contributed by atoms with Crippen LogP contribution in [-0.4, -0.2) is 25.6 Å². The van der Waals surface area contributed by atoms with Gasteiger partial charge in [0.2, 0.25) is 0 Å². The molecule has 0 fully saturated rings. The van der Waals surface area contributed by atoms with Crippen molar-refractivity contribution in [3.63, 3.8) is 0 Å². The van der Waals surface area contributed by atoms with Crippen LogP contribution >= 0.6 is 0 Å². The third-order valence-corrected chi connectivity index (χ3v) is 4.25. The van der Waals surface area contributed by atoms with Gasteiger partial charge in [0.05, 0.1) is 0 Å². The lowest BCUT2D eigenvalue weighted by atomic mass is 9.82. The SMILES string of the molecule is CC(CN)CC(C)C(C)c1c(OC(F)(F)F)cc(OC(F)(F)F)cc1OC(F)(F)F. The zero-order valence-electron chi connectivity index (χ0n) is 16.0. The van der Waals surface area contributed by atoms with E-state index in [1.165, 1.54) is 6.92 Å². The van der Waals surface area contributed by atoms with Gasteiger partial charge in [-0.3, -0.25) is 0 Å². The highest BCUT2D eigenvalue weighted by atomic mass is 19.4. The van der Waals surface area contributed by atoms with E-state index in [0.29, 0.717) is 6.42 Å². The number of rotatable bonds is 8. The molecule has 0 spiro atoms. The monoisotopic (exact) mass is 457 g/mol. The summed E-state index contributed by atoms with van der Waals surface area (Å²) in [6, 6.07) is 0.435. The van der Waals surface area contributed by atoms with Gasteiger partial charge < -0.3 is 19.9 Å². The minimum Gasteiger partial charge on any atom is -0.406 e. The Labute approximate surface area is 166 Å². The highest BCUT2D eigenvalue weighted by Crippen LogP contribution is 2.46. The van der Waals surface area contributed by atoms with Crippen molar-refractivity contribution in [2.45, 2.75) is 52.2 Å². The molecule has 0 aliphatic rings. The second-order valence-electron chi connectivity index (χ2n) is 6.82. The van der Waals surface area contributed by atoms with E-state index in [1.54, 1.807) is 13.8 Å². The predicted octanol–water partition coefficient (Wildman–Crippen LogP) is 6.11. The van der Waals surface area contributed by atoms with Gasteiger partial charge in [0.15, 0.2) is 0 Å². The van der Waals surface area contributed by atoms with Gasteiger partial charge in [-0.05, 0) is 30.7 Å². The molecule has 30 heavy (non-hydrogen) atoms. The van der Waals surface area contributed by atoms with Gasteiger partial charge >= 0.3 is 19.1 Å². The molecule has 0 saturated heterocycles. The average Bonchev–Trinajstić information content (AvgIpc) is 2.49. The summed E-state index contributed by atoms with van der Waals surface area (Å²) in [6.07, 6.45) is -15.8. The van der Waals surface area contributed by atoms with E-state index < -0.39 is 53.7 Å². The molecular formula is C17H20F9NO3. The van der Waals surface area contributed by atoms with Crippen molar-refractivity contribution in [3.05, 3.63) is 17.7 Å². The molecule has 0 aromatic heterocycles. The quantitative estimate of drug-likeness (QED) is 0.479. The second kappa shape index (κ2) is 9.40. The Morgan fingerprint density at radius 3 is 1.50 bits per heavy atom. The molecular weight excluding hydrogens is 437 g/mol. The Hall–Kier alpha value is -2.05. The lowest BCUT2D eigenvalue weighted by Gasteiger charge is -2.28. The molecule has 0 aliphatic carbocycles. The number of hydrogen-bond donors (Lipinski definition) is 1. The Morgan fingerprint density at radius 2 is 1.17 bits per heavy atom. The molecule has 3 unspecified atom stereocenters. The molecule has 1 aromatic rings. The van der Waals surface area contributed by atoms with Crippen LogP contribution in [0.15, 0.2) is 12.1 Å². The fraction of sp³-hybridized carbons (Fsp3) is 0.647. The van der Waals surface area contributed by atoms with Crippen LogP contribution in [0.2, 0.25) is 0 Å². The lowest BCUT2D eigenvalue weighted by Crippen LogP contribution is -2.24. The maximum absolute atomic E-state index is 12.8. The highest BCUT2D eigenvalue weighted by molar-refractivity contribution is 5.53. The summed E-state index contributed by atoms with van der Waals surface area (Å²) in [5.74, 6) is -5.61. The number of alkyl halides is 9. The first-order chi connectivity index (χ1) is 13.4. The van der Waals surface area contributed by atoms with Crippen molar-refractivity contribution in [2.24, 2.45) is 17.6 Å². The summed E-state index contributed by atoms with van der Waals surface area (Å²) in [7, 11) is 0. The standard InChI is InChI=1S/C17H20F9NO3/c1-8(7-27)4-9(2)10(3)14-12(29-16(21,22)23)5-11(28-15(18,19)20)6-13(14)30-17(24,25)26/h5-6,8-10H,4,7,27H2,1-3H3. The van der Waals surface area contributed by atoms with E-state index in [2.05, 4.69) is 14.2 Å². The molecule has 174 valence electrons. The van der Waals surface area contributed by atoms with Crippen LogP contribution in [0.4, 0.5) is 39.5 Å². The first-order valence-corrected chi connectivity index (χ1v) is 8.57. The summed E-state index contributed by atoms with van der Waals surface area (Å²) < 4.78 is 125. The van der Waals surface area contributed by atoms with Gasteiger partial charge in [0.1, 0.15) is 17.2 Å². The van der Waals surface area contributed by atoms with E-state index in [-0.39, 0.29) is 24.6 Å². The maximum Gasteiger partial charge on any atom is 0.573 e. The Bertz CT molecular complexity index is 664. The van der Waals surface area contributed by atoms with Crippen molar-refractivity contribution in [1.82, 2.24) is 0 Å². The van der Waals surface area contributed by atoms with Gasteiger partial charge in [-0.1, -0.05) is 20.8 Å². The third-order valence-electron chi connectivity index (χ3n) is 4.25. The summed E-state index contributed by atoms with van der Waals surface area (Å²) in [6.45, 7) is 4.79. The molecule has 3 atom stereocenters. The first-order valence-electron chi connectivity index (χ1n) is 8.57. The summed E-state index contributed by atoms with van der Waals surface area (Å²) in [4.78, 5) is 0. The molecule has 0 saturated carbocycles. The van der Waals surface area contributed by atoms with E-state index in [1.807, 2.05) is 0 Å². The zero-order valence-corrected chi connectivity index (χ0v) is 16.0. The highest BCUT2D eigenvalue weighted by Gasteiger charge is 2.39. The van der Waals surface area contributed by atoms with Gasteiger partial charge in [-0.2, -0.15) is 0 Å². The molecule has 0 amide bonds. The van der Waals surface area contributed by atoms with E-state index in [9.17, 15) is 39.5 Å². The van der Waals surface area contributed by atoms with Crippen molar-refractivity contribution in [1.29, 1.82) is 0 Å². The van der Waals surface area contributed by atoms with Crippen LogP contribution in [0.25, 0.3) is 0 Å². The van der Waals surface area contributed by atoms with Crippen LogP contribution in [0.1, 0.15) is 38.7 Å². The normalized spacial score (nSPS) is 16.0. The average molecular weight is 457 g/mol. The van der Waals surface area contributed by atoms with Crippen LogP contribution in [0, 0.1) is 11.8 Å². The zero-order chi connectivity index (χ0) is 23.5. The smallest absolute Gasteiger partial charge is 0.406 e. The van der Waals surface area contributed by atoms with Crippen molar-refractivity contribution >= 4 is 0 Å². The summed E-state index contributed by atoms with van der Waals surface area (Å²) in [5, 5.41) is 0. The number of hydrogen-bond acceptors (Lipinski definition) is 4. The van der Waals surface area contributed by atoms with Gasteiger partial charge in [-0.15, -0.1) is 39.5 Å². The Kier molecular flexibility index (Phi) is 8.14. The molecule has 0 bridgehead atoms. The molecule has 0 heterocycles. The Balaban J connectivity index is 3.61. The van der Waals surface area contributed by atoms with E-state index in [0.717, 1.165) is 0 Å². The van der Waals surface area contributed by atoms with Crippen LogP contribution < -0.4 is 19.9 Å². The summed E-state index contributed by atoms with van der Waals surface area (Å²) in [5.41, 5.74) is 4.80. The minimum absolute atomic E-state index is 0.116. The molecule has 1 aromatic carbocycles. The van der Waals surface area contributed by atoms with Crippen molar-refractivity contribution in [3.8, 4) is 17.2 Å². The third kappa shape index (κ3) is 8.76. The van der Waals surface area contributed by atoms with E-state index in [4.69, 9.17) is 5.73 Å². The van der Waals surface area contributed by atoms with Gasteiger partial charge in [-0.25, -0.2) is 0 Å². The second-order valence-corrected chi connectivity index (χ2v) is 6.82. The summed E-state index contributed by atoms with van der Waals surface area (Å²) >= 11 is 0. The fourth-order valence-electron chi connectivity index (χ4n) is 2.86. The number of halogens is 9. The van der Waals surface area contributed by atoms with E-state index >= 15 is 0 Å². The van der Waals surface area contributed by atoms with Gasteiger partial charge in [0.25, 0.3) is 0 Å². The number of ether oxygens (including phenoxy) is 3. The van der Waals surface area contributed by atoms with Crippen molar-refractivity contribution in [2.75, 3.05) is 6.54 Å². The van der Waals surface area contributed by atoms with Crippen LogP contribution in [0.5, 0.6) is 17.2 Å². The molecule has 0 radical (unpaired) electrons. The van der Waals surface area contributed by atoms with Crippen LogP contribution in [0.3, 0.4) is 0 Å². The maximum atomic E-state index is 12.8. The number of benzene rings is 1. The number of nitrogens with two attached hydrogens (primary N) is 1. The van der Waals surface area contributed by atoms with Crippen LogP contribution in [-0.2, 0) is 0 Å². The molecule has 1 rings (SSSR count). The fourth-order valence-corrected chi connectivity index (χ4v) is 2.86. The van der Waals surface area contributed by atoms with Gasteiger partial charge in [0, 0.05) is 17.7 Å². The topological polar surface area (TPSA) is 53.7 Å². The predicted molar refractivity (Wildman–Crippen MR) is 86.9 cm³/mol. The Morgan fingerprint density at radius 1 is 0.767 bits per heavy atom. The molecule has 2 N–H and O–H groups in total. The molecule has 0 aliphatic heterocycles. The minimum atomic E-state index is -5.39. The first kappa shape index (κ1) is 26.0. The molecule has 13 heteroatoms. The largest absolute Gasteiger partial charge is 0.573 e.